The predicted octanol–water partition coefficient (Wildman–Crippen LogP) is 2.77. The molecule has 0 unspecified atom stereocenters. The van der Waals surface area contributed by atoms with Crippen LogP contribution in [0, 0.1) is 6.92 Å². The zero-order valence-corrected chi connectivity index (χ0v) is 9.31. The van der Waals surface area contributed by atoms with E-state index in [2.05, 4.69) is 42.9 Å². The Balaban J connectivity index is 2.28. The number of aryl methyl sites for hydroxylation is 1. The lowest BCUT2D eigenvalue weighted by Crippen LogP contribution is -2.31. The molecule has 0 fully saturated rings. The third-order valence-corrected chi connectivity index (χ3v) is 2.95. The van der Waals surface area contributed by atoms with Crippen molar-refractivity contribution in [3.8, 4) is 0 Å². The smallest absolute Gasteiger partial charge is 0.194 e. The van der Waals surface area contributed by atoms with Gasteiger partial charge >= 0.3 is 0 Å². The van der Waals surface area contributed by atoms with Crippen LogP contribution in [0.25, 0.3) is 0 Å². The van der Waals surface area contributed by atoms with Gasteiger partial charge in [0.15, 0.2) is 18.3 Å². The highest BCUT2D eigenvalue weighted by Gasteiger charge is 1.98. The summed E-state index contributed by atoms with van der Waals surface area (Å²) in [5, 5.41) is 0. The summed E-state index contributed by atoms with van der Waals surface area (Å²) in [4.78, 5) is 0. The van der Waals surface area contributed by atoms with Crippen LogP contribution in [0.5, 0.6) is 0 Å². The van der Waals surface area contributed by atoms with Crippen molar-refractivity contribution in [3.63, 3.8) is 0 Å². The average molecular weight is 196 g/mol. The molecule has 0 spiro atoms. The Labute approximate surface area is 85.2 Å². The Morgan fingerprint density at radius 3 is 3.00 bits per heavy atom. The standard InChI is InChI=1S/C11H18NS/c1-3-4-8-13-10-12-7-5-6-11(2)9-12/h5-7,9H,3-4,8,10H2,1-2H3/q+1. The fourth-order valence-electron chi connectivity index (χ4n) is 1.15. The fraction of sp³-hybridized carbons (Fsp3) is 0.545. The summed E-state index contributed by atoms with van der Waals surface area (Å²) in [5.41, 5.74) is 1.33. The molecule has 1 rings (SSSR count). The molecule has 0 saturated heterocycles. The number of hydrogen-bond donors (Lipinski definition) is 0. The van der Waals surface area contributed by atoms with E-state index in [0.717, 1.165) is 5.88 Å². The van der Waals surface area contributed by atoms with Gasteiger partial charge in [0.25, 0.3) is 0 Å². The quantitative estimate of drug-likeness (QED) is 0.517. The zero-order chi connectivity index (χ0) is 9.52. The van der Waals surface area contributed by atoms with Gasteiger partial charge in [-0.2, -0.15) is 4.57 Å². The zero-order valence-electron chi connectivity index (χ0n) is 8.49. The van der Waals surface area contributed by atoms with E-state index in [0.29, 0.717) is 0 Å². The highest BCUT2D eigenvalue weighted by Crippen LogP contribution is 2.03. The van der Waals surface area contributed by atoms with Gasteiger partial charge in [0.2, 0.25) is 0 Å². The minimum Gasteiger partial charge on any atom is -0.195 e. The van der Waals surface area contributed by atoms with Crippen molar-refractivity contribution in [2.45, 2.75) is 32.6 Å². The van der Waals surface area contributed by atoms with E-state index in [1.54, 1.807) is 0 Å². The van der Waals surface area contributed by atoms with E-state index in [9.17, 15) is 0 Å². The highest BCUT2D eigenvalue weighted by atomic mass is 32.2. The molecule has 0 amide bonds. The molecule has 0 bridgehead atoms. The molecule has 0 saturated carbocycles. The first-order valence-electron chi connectivity index (χ1n) is 4.86. The van der Waals surface area contributed by atoms with Crippen molar-refractivity contribution in [2.24, 2.45) is 0 Å². The summed E-state index contributed by atoms with van der Waals surface area (Å²) in [6.07, 6.45) is 6.95. The Hall–Kier alpha value is -0.500. The summed E-state index contributed by atoms with van der Waals surface area (Å²) < 4.78 is 2.25. The second kappa shape index (κ2) is 6.03. The summed E-state index contributed by atoms with van der Waals surface area (Å²) >= 11 is 2.00. The Morgan fingerprint density at radius 1 is 1.46 bits per heavy atom. The normalized spacial score (nSPS) is 10.3. The van der Waals surface area contributed by atoms with Gasteiger partial charge < -0.3 is 0 Å². The van der Waals surface area contributed by atoms with Gasteiger partial charge in [-0.3, -0.25) is 0 Å². The third kappa shape index (κ3) is 4.32. The van der Waals surface area contributed by atoms with Crippen LogP contribution in [0.4, 0.5) is 0 Å². The van der Waals surface area contributed by atoms with Gasteiger partial charge in [0, 0.05) is 11.6 Å². The van der Waals surface area contributed by atoms with Crippen LogP contribution >= 0.6 is 11.8 Å². The Morgan fingerprint density at radius 2 is 2.31 bits per heavy atom. The number of unbranched alkanes of at least 4 members (excludes halogenated alkanes) is 1. The number of nitrogens with zero attached hydrogens (tertiary/aromatic N) is 1. The first-order chi connectivity index (χ1) is 6.33. The van der Waals surface area contributed by atoms with Crippen molar-refractivity contribution in [3.05, 3.63) is 30.1 Å². The SMILES string of the molecule is CCCCSC[n+]1cccc(C)c1. The van der Waals surface area contributed by atoms with Crippen molar-refractivity contribution in [1.82, 2.24) is 0 Å². The highest BCUT2D eigenvalue weighted by molar-refractivity contribution is 7.98. The van der Waals surface area contributed by atoms with Gasteiger partial charge in [-0.25, -0.2) is 0 Å². The van der Waals surface area contributed by atoms with E-state index in [1.165, 1.54) is 24.2 Å². The van der Waals surface area contributed by atoms with Gasteiger partial charge in [-0.15, -0.1) is 0 Å². The van der Waals surface area contributed by atoms with E-state index in [-0.39, 0.29) is 0 Å². The van der Waals surface area contributed by atoms with E-state index < -0.39 is 0 Å². The predicted molar refractivity (Wildman–Crippen MR) is 58.7 cm³/mol. The van der Waals surface area contributed by atoms with Crippen molar-refractivity contribution in [1.29, 1.82) is 0 Å². The number of rotatable bonds is 5. The summed E-state index contributed by atoms with van der Waals surface area (Å²) in [6.45, 7) is 4.37. The molecule has 0 aliphatic carbocycles. The van der Waals surface area contributed by atoms with Crippen LogP contribution in [-0.2, 0) is 5.88 Å². The van der Waals surface area contributed by atoms with Crippen LogP contribution in [0.15, 0.2) is 24.5 Å². The van der Waals surface area contributed by atoms with E-state index in [1.807, 2.05) is 11.8 Å². The topological polar surface area (TPSA) is 3.88 Å². The van der Waals surface area contributed by atoms with Crippen LogP contribution in [0.2, 0.25) is 0 Å². The van der Waals surface area contributed by atoms with Crippen molar-refractivity contribution >= 4 is 11.8 Å². The molecule has 1 aromatic heterocycles. The molecule has 72 valence electrons. The molecule has 0 atom stereocenters. The molecule has 0 aromatic carbocycles. The van der Waals surface area contributed by atoms with Gasteiger partial charge in [-0.1, -0.05) is 25.1 Å². The first kappa shape index (κ1) is 10.6. The molecule has 0 aliphatic rings. The molecule has 0 N–H and O–H groups in total. The lowest BCUT2D eigenvalue weighted by atomic mass is 10.3. The van der Waals surface area contributed by atoms with Gasteiger partial charge in [0.05, 0.1) is 0 Å². The second-order valence-electron chi connectivity index (χ2n) is 3.29. The first-order valence-corrected chi connectivity index (χ1v) is 6.02. The molecular weight excluding hydrogens is 178 g/mol. The van der Waals surface area contributed by atoms with Crippen LogP contribution in [-0.4, -0.2) is 5.75 Å². The molecule has 0 radical (unpaired) electrons. The molecule has 13 heavy (non-hydrogen) atoms. The summed E-state index contributed by atoms with van der Waals surface area (Å²) in [6, 6.07) is 4.24. The summed E-state index contributed by atoms with van der Waals surface area (Å²) in [7, 11) is 0. The minimum absolute atomic E-state index is 1.08. The maximum absolute atomic E-state index is 2.25. The Bertz CT molecular complexity index is 248. The van der Waals surface area contributed by atoms with E-state index in [4.69, 9.17) is 0 Å². The second-order valence-corrected chi connectivity index (χ2v) is 4.36. The number of hydrogen-bond acceptors (Lipinski definition) is 1. The van der Waals surface area contributed by atoms with Crippen LogP contribution in [0.1, 0.15) is 25.3 Å². The molecular formula is C11H18NS+. The average Bonchev–Trinajstić information content (AvgIpc) is 2.13. The maximum Gasteiger partial charge on any atom is 0.194 e. The molecule has 1 heterocycles. The largest absolute Gasteiger partial charge is 0.195 e. The molecule has 1 nitrogen and oxygen atoms in total. The Kier molecular flexibility index (Phi) is 4.91. The molecule has 0 aliphatic heterocycles. The van der Waals surface area contributed by atoms with E-state index >= 15 is 0 Å². The van der Waals surface area contributed by atoms with Gasteiger partial charge in [-0.05, 0) is 25.2 Å². The third-order valence-electron chi connectivity index (χ3n) is 1.89. The lowest BCUT2D eigenvalue weighted by Gasteiger charge is -1.97. The van der Waals surface area contributed by atoms with Crippen LogP contribution in [0.3, 0.4) is 0 Å². The number of pyridine rings is 1. The monoisotopic (exact) mass is 196 g/mol. The van der Waals surface area contributed by atoms with Crippen LogP contribution < -0.4 is 4.57 Å². The summed E-state index contributed by atoms with van der Waals surface area (Å²) in [5.74, 6) is 2.36. The lowest BCUT2D eigenvalue weighted by molar-refractivity contribution is -0.676. The van der Waals surface area contributed by atoms with Crippen molar-refractivity contribution in [2.75, 3.05) is 5.75 Å². The number of thioether (sulfide) groups is 1. The molecule has 2 heteroatoms. The maximum atomic E-state index is 2.25. The fourth-order valence-corrected chi connectivity index (χ4v) is 2.14. The minimum atomic E-state index is 1.08. The van der Waals surface area contributed by atoms with Gasteiger partial charge in [0.1, 0.15) is 0 Å². The molecule has 1 aromatic rings. The number of aromatic nitrogens is 1. The van der Waals surface area contributed by atoms with Crippen molar-refractivity contribution < 1.29 is 4.57 Å².